The zero-order chi connectivity index (χ0) is 8.27. The Bertz CT molecular complexity index is 213. The van der Waals surface area contributed by atoms with Crippen molar-refractivity contribution in [1.82, 2.24) is 9.55 Å². The fourth-order valence-corrected chi connectivity index (χ4v) is 1.05. The first-order valence-electron chi connectivity index (χ1n) is 4.26. The van der Waals surface area contributed by atoms with Gasteiger partial charge in [-0.2, -0.15) is 0 Å². The monoisotopic (exact) mass is 152 g/mol. The van der Waals surface area contributed by atoms with E-state index in [0.717, 1.165) is 6.42 Å². The number of hydrogen-bond donors (Lipinski definition) is 0. The van der Waals surface area contributed by atoms with E-state index in [9.17, 15) is 0 Å². The quantitative estimate of drug-likeness (QED) is 0.650. The Kier molecular flexibility index (Phi) is 2.69. The van der Waals surface area contributed by atoms with Gasteiger partial charge in [0.25, 0.3) is 0 Å². The first-order chi connectivity index (χ1) is 5.24. The summed E-state index contributed by atoms with van der Waals surface area (Å²) in [6, 6.07) is 0.535. The van der Waals surface area contributed by atoms with Gasteiger partial charge >= 0.3 is 0 Å². The second-order valence-electron chi connectivity index (χ2n) is 3.16. The van der Waals surface area contributed by atoms with E-state index in [0.29, 0.717) is 6.04 Å². The zero-order valence-corrected chi connectivity index (χ0v) is 7.54. The van der Waals surface area contributed by atoms with Crippen LogP contribution in [0.2, 0.25) is 0 Å². The predicted molar refractivity (Wildman–Crippen MR) is 46.6 cm³/mol. The van der Waals surface area contributed by atoms with Crippen LogP contribution in [0, 0.1) is 0 Å². The van der Waals surface area contributed by atoms with Gasteiger partial charge in [-0.15, -0.1) is 0 Å². The van der Waals surface area contributed by atoms with E-state index in [-0.39, 0.29) is 0 Å². The molecule has 0 aromatic carbocycles. The molecule has 0 spiro atoms. The number of aryl methyl sites for hydroxylation is 1. The van der Waals surface area contributed by atoms with Crippen LogP contribution in [0.3, 0.4) is 0 Å². The minimum absolute atomic E-state index is 0.535. The van der Waals surface area contributed by atoms with E-state index >= 15 is 0 Å². The van der Waals surface area contributed by atoms with Gasteiger partial charge in [0.15, 0.2) is 0 Å². The summed E-state index contributed by atoms with van der Waals surface area (Å²) >= 11 is 0. The molecule has 0 radical (unpaired) electrons. The van der Waals surface area contributed by atoms with Gasteiger partial charge in [0.1, 0.15) is 0 Å². The van der Waals surface area contributed by atoms with Crippen molar-refractivity contribution in [2.75, 3.05) is 0 Å². The molecule has 0 atom stereocenters. The van der Waals surface area contributed by atoms with Crippen LogP contribution < -0.4 is 0 Å². The number of hydrogen-bond acceptors (Lipinski definition) is 1. The largest absolute Gasteiger partial charge is 0.335 e. The number of rotatable bonds is 3. The van der Waals surface area contributed by atoms with Crippen LogP contribution in [0.25, 0.3) is 0 Å². The molecule has 1 heterocycles. The third-order valence-corrected chi connectivity index (χ3v) is 1.76. The molecule has 0 aliphatic heterocycles. The summed E-state index contributed by atoms with van der Waals surface area (Å²) in [6.07, 6.45) is 6.32. The lowest BCUT2D eigenvalue weighted by molar-refractivity contribution is 0.599. The van der Waals surface area contributed by atoms with E-state index < -0.39 is 0 Å². The fraction of sp³-hybridized carbons (Fsp3) is 0.667. The summed E-state index contributed by atoms with van der Waals surface area (Å²) in [5, 5.41) is 0. The van der Waals surface area contributed by atoms with Crippen molar-refractivity contribution in [2.24, 2.45) is 0 Å². The first kappa shape index (κ1) is 8.31. The maximum atomic E-state index is 4.29. The van der Waals surface area contributed by atoms with E-state index in [1.165, 1.54) is 12.1 Å². The van der Waals surface area contributed by atoms with Crippen LogP contribution in [0.1, 0.15) is 38.9 Å². The molecular weight excluding hydrogens is 136 g/mol. The van der Waals surface area contributed by atoms with Crippen LogP contribution in [0.5, 0.6) is 0 Å². The van der Waals surface area contributed by atoms with Gasteiger partial charge in [-0.3, -0.25) is 0 Å². The molecular formula is C9H16N2. The maximum Gasteiger partial charge on any atom is 0.0951 e. The molecule has 62 valence electrons. The van der Waals surface area contributed by atoms with Crippen LogP contribution in [0.15, 0.2) is 12.5 Å². The van der Waals surface area contributed by atoms with Crippen molar-refractivity contribution in [3.05, 3.63) is 18.2 Å². The Balaban J connectivity index is 2.66. The number of nitrogens with zero attached hydrogens (tertiary/aromatic N) is 2. The standard InChI is InChI=1S/C9H16N2/c1-4-5-9-6-11(7-10-9)8(2)3/h6-8H,4-5H2,1-3H3. The first-order valence-corrected chi connectivity index (χ1v) is 4.26. The van der Waals surface area contributed by atoms with Crippen LogP contribution in [0.4, 0.5) is 0 Å². The highest BCUT2D eigenvalue weighted by Gasteiger charge is 1.99. The molecule has 0 amide bonds. The lowest BCUT2D eigenvalue weighted by atomic mass is 10.3. The van der Waals surface area contributed by atoms with Crippen molar-refractivity contribution in [3.8, 4) is 0 Å². The van der Waals surface area contributed by atoms with Gasteiger partial charge in [-0.25, -0.2) is 4.98 Å². The van der Waals surface area contributed by atoms with Crippen LogP contribution in [-0.2, 0) is 6.42 Å². The van der Waals surface area contributed by atoms with Crippen molar-refractivity contribution in [2.45, 2.75) is 39.7 Å². The lowest BCUT2D eigenvalue weighted by Crippen LogP contribution is -1.95. The fourth-order valence-electron chi connectivity index (χ4n) is 1.05. The van der Waals surface area contributed by atoms with E-state index in [1.54, 1.807) is 0 Å². The van der Waals surface area contributed by atoms with Gasteiger partial charge in [-0.1, -0.05) is 13.3 Å². The van der Waals surface area contributed by atoms with Crippen LogP contribution >= 0.6 is 0 Å². The molecule has 11 heavy (non-hydrogen) atoms. The molecule has 0 saturated heterocycles. The predicted octanol–water partition coefficient (Wildman–Crippen LogP) is 2.42. The van der Waals surface area contributed by atoms with Crippen molar-refractivity contribution >= 4 is 0 Å². The summed E-state index contributed by atoms with van der Waals surface area (Å²) < 4.78 is 2.14. The second-order valence-corrected chi connectivity index (χ2v) is 3.16. The third kappa shape index (κ3) is 2.07. The van der Waals surface area contributed by atoms with E-state index in [4.69, 9.17) is 0 Å². The minimum atomic E-state index is 0.535. The average Bonchev–Trinajstić information content (AvgIpc) is 2.37. The van der Waals surface area contributed by atoms with Gasteiger partial charge in [0.2, 0.25) is 0 Å². The summed E-state index contributed by atoms with van der Waals surface area (Å²) in [7, 11) is 0. The molecule has 1 aromatic rings. The summed E-state index contributed by atoms with van der Waals surface area (Å²) in [4.78, 5) is 4.29. The molecule has 2 heteroatoms. The highest BCUT2D eigenvalue weighted by molar-refractivity contribution is 4.97. The average molecular weight is 152 g/mol. The lowest BCUT2D eigenvalue weighted by Gasteiger charge is -2.03. The Hall–Kier alpha value is -0.790. The van der Waals surface area contributed by atoms with Gasteiger partial charge in [0.05, 0.1) is 12.0 Å². The second kappa shape index (κ2) is 3.56. The van der Waals surface area contributed by atoms with Crippen molar-refractivity contribution in [3.63, 3.8) is 0 Å². The Morgan fingerprint density at radius 2 is 2.27 bits per heavy atom. The maximum absolute atomic E-state index is 4.29. The van der Waals surface area contributed by atoms with E-state index in [2.05, 4.69) is 36.5 Å². The molecule has 0 bridgehead atoms. The van der Waals surface area contributed by atoms with Gasteiger partial charge in [-0.05, 0) is 20.3 Å². The molecule has 1 aromatic heterocycles. The minimum Gasteiger partial charge on any atom is -0.335 e. The zero-order valence-electron chi connectivity index (χ0n) is 7.54. The Labute approximate surface area is 68.3 Å². The molecule has 0 N–H and O–H groups in total. The highest BCUT2D eigenvalue weighted by Crippen LogP contribution is 2.06. The molecule has 2 nitrogen and oxygen atoms in total. The van der Waals surface area contributed by atoms with Crippen LogP contribution in [-0.4, -0.2) is 9.55 Å². The number of imidazole rings is 1. The highest BCUT2D eigenvalue weighted by atomic mass is 15.0. The van der Waals surface area contributed by atoms with E-state index in [1.807, 2.05) is 6.33 Å². The van der Waals surface area contributed by atoms with Crippen molar-refractivity contribution in [1.29, 1.82) is 0 Å². The summed E-state index contributed by atoms with van der Waals surface area (Å²) in [5.74, 6) is 0. The van der Waals surface area contributed by atoms with Gasteiger partial charge < -0.3 is 4.57 Å². The van der Waals surface area contributed by atoms with Gasteiger partial charge in [0, 0.05) is 12.2 Å². The molecule has 0 unspecified atom stereocenters. The summed E-state index contributed by atoms with van der Waals surface area (Å²) in [6.45, 7) is 6.50. The SMILES string of the molecule is CCCc1cn(C(C)C)cn1. The summed E-state index contributed by atoms with van der Waals surface area (Å²) in [5.41, 5.74) is 1.21. The molecule has 0 saturated carbocycles. The molecule has 0 aliphatic carbocycles. The molecule has 0 aliphatic rings. The Morgan fingerprint density at radius 1 is 1.55 bits per heavy atom. The topological polar surface area (TPSA) is 17.8 Å². The third-order valence-electron chi connectivity index (χ3n) is 1.76. The smallest absolute Gasteiger partial charge is 0.0951 e. The normalized spacial score (nSPS) is 10.9. The molecule has 0 fully saturated rings. The van der Waals surface area contributed by atoms with Crippen molar-refractivity contribution < 1.29 is 0 Å². The molecule has 1 rings (SSSR count). The Morgan fingerprint density at radius 3 is 2.73 bits per heavy atom. The number of aromatic nitrogens is 2.